The van der Waals surface area contributed by atoms with Gasteiger partial charge in [0.1, 0.15) is 5.82 Å². The highest BCUT2D eigenvalue weighted by Crippen LogP contribution is 2.29. The second-order valence-corrected chi connectivity index (χ2v) is 4.37. The average Bonchev–Trinajstić information content (AvgIpc) is 2.09. The highest BCUT2D eigenvalue weighted by Gasteiger charge is 2.05. The normalized spacial score (nSPS) is 10.4. The van der Waals surface area contributed by atoms with E-state index in [9.17, 15) is 4.39 Å². The Morgan fingerprint density at radius 2 is 2.23 bits per heavy atom. The first-order valence-corrected chi connectivity index (χ1v) is 5.41. The second kappa shape index (κ2) is 4.83. The molecule has 0 amide bonds. The molecule has 0 aliphatic carbocycles. The Bertz CT molecular complexity index is 308. The lowest BCUT2D eigenvalue weighted by Crippen LogP contribution is -1.93. The average molecular weight is 266 g/mol. The van der Waals surface area contributed by atoms with Gasteiger partial charge in [0.15, 0.2) is 0 Å². The number of anilines is 1. The molecule has 3 N–H and O–H groups in total. The van der Waals surface area contributed by atoms with Crippen molar-refractivity contribution in [3.8, 4) is 0 Å². The number of hydrogen-bond donors (Lipinski definition) is 2. The number of benzene rings is 1. The van der Waals surface area contributed by atoms with Crippen LogP contribution in [0.4, 0.5) is 10.1 Å². The molecular weight excluding hydrogens is 257 g/mol. The molecule has 0 heterocycles. The largest absolute Gasteiger partial charge is 0.398 e. The molecule has 0 saturated heterocycles. The monoisotopic (exact) mass is 265 g/mol. The lowest BCUT2D eigenvalue weighted by Gasteiger charge is -2.05. The predicted octanol–water partition coefficient (Wildman–Crippen LogP) is 2.25. The molecule has 0 spiro atoms. The van der Waals surface area contributed by atoms with Crippen molar-refractivity contribution in [3.05, 3.63) is 22.4 Å². The maximum atomic E-state index is 12.9. The highest BCUT2D eigenvalue weighted by atomic mass is 79.9. The number of hydrogen-bond acceptors (Lipinski definition) is 3. The summed E-state index contributed by atoms with van der Waals surface area (Å²) in [4.78, 5) is 0.780. The molecule has 1 aromatic carbocycles. The Labute approximate surface area is 88.5 Å². The van der Waals surface area contributed by atoms with Crippen molar-refractivity contribution in [2.45, 2.75) is 4.90 Å². The number of rotatable bonds is 3. The predicted molar refractivity (Wildman–Crippen MR) is 56.3 cm³/mol. The Balaban J connectivity index is 2.88. The van der Waals surface area contributed by atoms with E-state index in [0.717, 1.165) is 4.90 Å². The summed E-state index contributed by atoms with van der Waals surface area (Å²) in [5.74, 6) is 0.188. The summed E-state index contributed by atoms with van der Waals surface area (Å²) in [6.07, 6.45) is 0. The van der Waals surface area contributed by atoms with Crippen molar-refractivity contribution in [1.29, 1.82) is 0 Å². The smallest absolute Gasteiger partial charge is 0.139 e. The van der Waals surface area contributed by atoms with Gasteiger partial charge in [0.05, 0.1) is 11.1 Å². The molecule has 0 radical (unpaired) electrons. The third-order valence-corrected chi connectivity index (χ3v) is 3.06. The summed E-state index contributed by atoms with van der Waals surface area (Å²) >= 11 is 4.46. The van der Waals surface area contributed by atoms with Gasteiger partial charge >= 0.3 is 0 Å². The van der Waals surface area contributed by atoms with Crippen molar-refractivity contribution >= 4 is 33.4 Å². The zero-order valence-corrected chi connectivity index (χ0v) is 9.16. The van der Waals surface area contributed by atoms with Gasteiger partial charge in [-0.3, -0.25) is 0 Å². The molecule has 72 valence electrons. The Kier molecular flexibility index (Phi) is 4.02. The Morgan fingerprint density at radius 1 is 1.54 bits per heavy atom. The fourth-order valence-corrected chi connectivity index (χ4v) is 2.06. The van der Waals surface area contributed by atoms with Crippen LogP contribution in [0.5, 0.6) is 0 Å². The summed E-state index contributed by atoms with van der Waals surface area (Å²) in [7, 11) is 0. The van der Waals surface area contributed by atoms with E-state index >= 15 is 0 Å². The van der Waals surface area contributed by atoms with Crippen LogP contribution in [0, 0.1) is 5.82 Å². The summed E-state index contributed by atoms with van der Waals surface area (Å²) in [5.41, 5.74) is 5.97. The van der Waals surface area contributed by atoms with Gasteiger partial charge in [-0.2, -0.15) is 0 Å². The van der Waals surface area contributed by atoms with E-state index < -0.39 is 0 Å². The number of aliphatic hydroxyl groups is 1. The van der Waals surface area contributed by atoms with Crippen molar-refractivity contribution < 1.29 is 9.50 Å². The molecule has 1 rings (SSSR count). The van der Waals surface area contributed by atoms with Crippen LogP contribution in [0.25, 0.3) is 0 Å². The van der Waals surface area contributed by atoms with Crippen molar-refractivity contribution in [2.24, 2.45) is 0 Å². The Hall–Kier alpha value is -0.260. The minimum atomic E-state index is -0.370. The van der Waals surface area contributed by atoms with Gasteiger partial charge in [0, 0.05) is 16.3 Å². The van der Waals surface area contributed by atoms with E-state index in [-0.39, 0.29) is 12.4 Å². The molecule has 5 heteroatoms. The van der Waals surface area contributed by atoms with Crippen LogP contribution in [0.2, 0.25) is 0 Å². The topological polar surface area (TPSA) is 46.2 Å². The maximum Gasteiger partial charge on any atom is 0.139 e. The zero-order valence-electron chi connectivity index (χ0n) is 6.76. The van der Waals surface area contributed by atoms with Crippen LogP contribution in [-0.2, 0) is 0 Å². The van der Waals surface area contributed by atoms with Crippen LogP contribution in [0.15, 0.2) is 21.5 Å². The van der Waals surface area contributed by atoms with Crippen molar-refractivity contribution in [2.75, 3.05) is 18.1 Å². The summed E-state index contributed by atoms with van der Waals surface area (Å²) in [5, 5.41) is 8.59. The molecule has 0 fully saturated rings. The standard InChI is InChI=1S/C8H9BrFNOS/c9-5-3-8(13-2-1-12)7(11)4-6(5)10/h3-4,12H,1-2,11H2. The third-order valence-electron chi connectivity index (χ3n) is 1.40. The first kappa shape index (κ1) is 10.8. The van der Waals surface area contributed by atoms with E-state index in [1.165, 1.54) is 17.8 Å². The first-order valence-electron chi connectivity index (χ1n) is 3.63. The van der Waals surface area contributed by atoms with Gasteiger partial charge in [0.25, 0.3) is 0 Å². The van der Waals surface area contributed by atoms with Crippen LogP contribution in [-0.4, -0.2) is 17.5 Å². The van der Waals surface area contributed by atoms with Gasteiger partial charge in [-0.1, -0.05) is 0 Å². The minimum absolute atomic E-state index is 0.0824. The van der Waals surface area contributed by atoms with Gasteiger partial charge in [-0.25, -0.2) is 4.39 Å². The SMILES string of the molecule is Nc1cc(F)c(Br)cc1SCCO. The molecule has 0 saturated carbocycles. The summed E-state index contributed by atoms with van der Waals surface area (Å²) < 4.78 is 13.3. The van der Waals surface area contributed by atoms with Gasteiger partial charge in [0.2, 0.25) is 0 Å². The van der Waals surface area contributed by atoms with Gasteiger partial charge < -0.3 is 10.8 Å². The molecule has 0 unspecified atom stereocenters. The van der Waals surface area contributed by atoms with E-state index in [2.05, 4.69) is 15.9 Å². The van der Waals surface area contributed by atoms with E-state index in [4.69, 9.17) is 10.8 Å². The summed E-state index contributed by atoms with van der Waals surface area (Å²) in [6, 6.07) is 2.88. The molecule has 0 aliphatic heterocycles. The summed E-state index contributed by atoms with van der Waals surface area (Å²) in [6.45, 7) is 0.0824. The van der Waals surface area contributed by atoms with Crippen LogP contribution >= 0.6 is 27.7 Å². The van der Waals surface area contributed by atoms with Gasteiger partial charge in [-0.05, 0) is 28.1 Å². The molecule has 1 aromatic rings. The van der Waals surface area contributed by atoms with Crippen LogP contribution < -0.4 is 5.73 Å². The van der Waals surface area contributed by atoms with E-state index in [1.54, 1.807) is 6.07 Å². The van der Waals surface area contributed by atoms with Crippen LogP contribution in [0.1, 0.15) is 0 Å². The number of aliphatic hydroxyl groups excluding tert-OH is 1. The molecular formula is C8H9BrFNOS. The number of nitrogen functional groups attached to an aromatic ring is 1. The fraction of sp³-hybridized carbons (Fsp3) is 0.250. The number of thioether (sulfide) groups is 1. The number of halogens is 2. The lowest BCUT2D eigenvalue weighted by molar-refractivity contribution is 0.322. The second-order valence-electron chi connectivity index (χ2n) is 2.38. The van der Waals surface area contributed by atoms with Crippen LogP contribution in [0.3, 0.4) is 0 Å². The first-order chi connectivity index (χ1) is 6.15. The Morgan fingerprint density at radius 3 is 2.85 bits per heavy atom. The zero-order chi connectivity index (χ0) is 9.84. The molecule has 0 atom stereocenters. The quantitative estimate of drug-likeness (QED) is 0.651. The minimum Gasteiger partial charge on any atom is -0.398 e. The van der Waals surface area contributed by atoms with E-state index in [1.807, 2.05) is 0 Å². The third kappa shape index (κ3) is 2.86. The highest BCUT2D eigenvalue weighted by molar-refractivity contribution is 9.10. The van der Waals surface area contributed by atoms with Crippen molar-refractivity contribution in [3.63, 3.8) is 0 Å². The van der Waals surface area contributed by atoms with Crippen molar-refractivity contribution in [1.82, 2.24) is 0 Å². The van der Waals surface area contributed by atoms with E-state index in [0.29, 0.717) is 15.9 Å². The van der Waals surface area contributed by atoms with Gasteiger partial charge in [-0.15, -0.1) is 11.8 Å². The number of nitrogens with two attached hydrogens (primary N) is 1. The lowest BCUT2D eigenvalue weighted by atomic mass is 10.3. The molecule has 0 aliphatic rings. The maximum absolute atomic E-state index is 12.9. The molecule has 13 heavy (non-hydrogen) atoms. The fourth-order valence-electron chi connectivity index (χ4n) is 0.825. The molecule has 2 nitrogen and oxygen atoms in total. The molecule has 0 aromatic heterocycles. The molecule has 0 bridgehead atoms.